The third-order valence-electron chi connectivity index (χ3n) is 4.16. The van der Waals surface area contributed by atoms with Crippen LogP contribution in [0.3, 0.4) is 0 Å². The largest absolute Gasteiger partial charge is 0.484 e. The molecule has 0 radical (unpaired) electrons. The van der Waals surface area contributed by atoms with E-state index in [2.05, 4.69) is 15.5 Å². The number of rotatable bonds is 8. The Morgan fingerprint density at radius 1 is 1.22 bits per heavy atom. The molecule has 27 heavy (non-hydrogen) atoms. The lowest BCUT2D eigenvalue weighted by atomic mass is 10.1. The molecule has 1 aliphatic heterocycles. The van der Waals surface area contributed by atoms with Crippen LogP contribution >= 0.6 is 0 Å². The number of carbonyl (C=O) groups excluding carboxylic acids is 1. The van der Waals surface area contributed by atoms with Crippen LogP contribution in [0.1, 0.15) is 43.7 Å². The Labute approximate surface area is 158 Å². The van der Waals surface area contributed by atoms with Gasteiger partial charge in [0.05, 0.1) is 19.3 Å². The minimum atomic E-state index is -0.270. The molecule has 8 nitrogen and oxygen atoms in total. The first-order chi connectivity index (χ1) is 13.1. The lowest BCUT2D eigenvalue weighted by Crippen LogP contribution is -2.43. The molecule has 2 atom stereocenters. The Bertz CT molecular complexity index is 723. The van der Waals surface area contributed by atoms with Crippen molar-refractivity contribution < 1.29 is 23.4 Å². The van der Waals surface area contributed by atoms with Crippen molar-refractivity contribution in [2.45, 2.75) is 45.3 Å². The van der Waals surface area contributed by atoms with Crippen LogP contribution < -0.4 is 14.8 Å². The summed E-state index contributed by atoms with van der Waals surface area (Å²) >= 11 is 0. The van der Waals surface area contributed by atoms with Gasteiger partial charge in [-0.25, -0.2) is 0 Å². The van der Waals surface area contributed by atoms with Crippen molar-refractivity contribution in [3.8, 4) is 11.8 Å². The number of hydrogen-bond donors (Lipinski definition) is 1. The Morgan fingerprint density at radius 3 is 2.74 bits per heavy atom. The number of amides is 1. The van der Waals surface area contributed by atoms with Crippen LogP contribution in [0.15, 0.2) is 28.7 Å². The highest BCUT2D eigenvalue weighted by atomic mass is 16.6. The maximum Gasteiger partial charge on any atom is 0.414 e. The number of aryl methyl sites for hydroxylation is 1. The second-order valence-electron chi connectivity index (χ2n) is 6.52. The smallest absolute Gasteiger partial charge is 0.414 e. The highest BCUT2D eigenvalue weighted by Crippen LogP contribution is 2.28. The summed E-state index contributed by atoms with van der Waals surface area (Å²) in [7, 11) is 0. The average Bonchev–Trinajstić information content (AvgIpc) is 3.15. The van der Waals surface area contributed by atoms with Gasteiger partial charge in [0.15, 0.2) is 6.61 Å². The molecule has 1 aliphatic rings. The quantitative estimate of drug-likeness (QED) is 0.757. The van der Waals surface area contributed by atoms with Crippen LogP contribution in [0.2, 0.25) is 0 Å². The zero-order valence-corrected chi connectivity index (χ0v) is 15.6. The van der Waals surface area contributed by atoms with E-state index in [9.17, 15) is 4.79 Å². The Balaban J connectivity index is 1.39. The third kappa shape index (κ3) is 5.68. The van der Waals surface area contributed by atoms with Crippen molar-refractivity contribution in [1.82, 2.24) is 15.5 Å². The first kappa shape index (κ1) is 19.2. The van der Waals surface area contributed by atoms with Gasteiger partial charge < -0.3 is 23.9 Å². The standard InChI is InChI=1S/C19H25N3O5/c1-3-10-24-19-22-21-18(27-19)16-9-6-14(11-26-16)20-17(23)12-25-15-7-4-13(2)5-8-15/h4-5,7-8,14,16H,3,6,9-12H2,1-2H3,(H,20,23)/t14-,16+/m0/s1. The molecule has 146 valence electrons. The predicted molar refractivity (Wildman–Crippen MR) is 96.6 cm³/mol. The molecular formula is C19H25N3O5. The second-order valence-corrected chi connectivity index (χ2v) is 6.52. The highest BCUT2D eigenvalue weighted by Gasteiger charge is 2.28. The summed E-state index contributed by atoms with van der Waals surface area (Å²) in [5.41, 5.74) is 1.14. The van der Waals surface area contributed by atoms with Crippen LogP contribution in [0, 0.1) is 6.92 Å². The van der Waals surface area contributed by atoms with Crippen molar-refractivity contribution >= 4 is 5.91 Å². The molecule has 0 bridgehead atoms. The molecule has 1 fully saturated rings. The van der Waals surface area contributed by atoms with Crippen molar-refractivity contribution in [3.05, 3.63) is 35.7 Å². The maximum absolute atomic E-state index is 12.1. The Morgan fingerprint density at radius 2 is 2.04 bits per heavy atom. The van der Waals surface area contributed by atoms with E-state index in [0.717, 1.165) is 18.4 Å². The number of nitrogens with zero attached hydrogens (tertiary/aromatic N) is 2. The maximum atomic E-state index is 12.1. The summed E-state index contributed by atoms with van der Waals surface area (Å²) in [6, 6.07) is 7.52. The van der Waals surface area contributed by atoms with Gasteiger partial charge in [0.1, 0.15) is 11.9 Å². The molecule has 1 saturated heterocycles. The predicted octanol–water partition coefficient (Wildman–Crippen LogP) is 2.58. The van der Waals surface area contributed by atoms with Crippen LogP contribution in [-0.4, -0.2) is 42.0 Å². The van der Waals surface area contributed by atoms with E-state index in [1.807, 2.05) is 38.1 Å². The zero-order valence-electron chi connectivity index (χ0n) is 15.6. The monoisotopic (exact) mass is 375 g/mol. The first-order valence-electron chi connectivity index (χ1n) is 9.20. The van der Waals surface area contributed by atoms with Crippen LogP contribution in [0.5, 0.6) is 11.8 Å². The molecule has 0 unspecified atom stereocenters. The van der Waals surface area contributed by atoms with Gasteiger partial charge >= 0.3 is 6.08 Å². The molecule has 8 heteroatoms. The molecular weight excluding hydrogens is 350 g/mol. The molecule has 2 aromatic rings. The molecule has 3 rings (SSSR count). The van der Waals surface area contributed by atoms with Crippen molar-refractivity contribution in [2.24, 2.45) is 0 Å². The lowest BCUT2D eigenvalue weighted by molar-refractivity contribution is -0.125. The minimum Gasteiger partial charge on any atom is -0.484 e. The number of aromatic nitrogens is 2. The fourth-order valence-corrected chi connectivity index (χ4v) is 2.71. The number of nitrogens with one attached hydrogen (secondary N) is 1. The van der Waals surface area contributed by atoms with Gasteiger partial charge in [-0.05, 0) is 38.3 Å². The topological polar surface area (TPSA) is 95.7 Å². The fraction of sp³-hybridized carbons (Fsp3) is 0.526. The Kier molecular flexibility index (Phi) is 6.64. The van der Waals surface area contributed by atoms with Crippen molar-refractivity contribution in [2.75, 3.05) is 19.8 Å². The number of benzene rings is 1. The second kappa shape index (κ2) is 9.36. The van der Waals surface area contributed by atoms with Gasteiger partial charge in [-0.2, -0.15) is 0 Å². The molecule has 1 aromatic heterocycles. The molecule has 1 aromatic carbocycles. The molecule has 0 spiro atoms. The number of ether oxygens (including phenoxy) is 3. The van der Waals surface area contributed by atoms with Crippen LogP contribution in [-0.2, 0) is 9.53 Å². The highest BCUT2D eigenvalue weighted by molar-refractivity contribution is 5.77. The van der Waals surface area contributed by atoms with E-state index in [-0.39, 0.29) is 30.7 Å². The number of carbonyl (C=O) groups is 1. The van der Waals surface area contributed by atoms with Gasteiger partial charge in [-0.1, -0.05) is 29.7 Å². The van der Waals surface area contributed by atoms with Gasteiger partial charge in [0, 0.05) is 0 Å². The summed E-state index contributed by atoms with van der Waals surface area (Å²) in [5, 5.41) is 10.7. The first-order valence-corrected chi connectivity index (χ1v) is 9.20. The lowest BCUT2D eigenvalue weighted by Gasteiger charge is -2.27. The SMILES string of the molecule is CCCOc1nnc([C@H]2CC[C@H](NC(=O)COc3ccc(C)cc3)CO2)o1. The molecule has 0 aliphatic carbocycles. The van der Waals surface area contributed by atoms with Gasteiger partial charge in [0.2, 0.25) is 5.89 Å². The third-order valence-corrected chi connectivity index (χ3v) is 4.16. The summed E-state index contributed by atoms with van der Waals surface area (Å²) in [4.78, 5) is 12.1. The summed E-state index contributed by atoms with van der Waals surface area (Å²) in [5.74, 6) is 0.914. The molecule has 2 heterocycles. The fourth-order valence-electron chi connectivity index (χ4n) is 2.71. The molecule has 1 N–H and O–H groups in total. The van der Waals surface area contributed by atoms with E-state index in [0.29, 0.717) is 31.3 Å². The van der Waals surface area contributed by atoms with E-state index in [1.54, 1.807) is 0 Å². The van der Waals surface area contributed by atoms with Crippen molar-refractivity contribution in [1.29, 1.82) is 0 Å². The van der Waals surface area contributed by atoms with Gasteiger partial charge in [-0.3, -0.25) is 4.79 Å². The minimum absolute atomic E-state index is 0.0230. The average molecular weight is 375 g/mol. The van der Waals surface area contributed by atoms with Crippen molar-refractivity contribution in [3.63, 3.8) is 0 Å². The Hall–Kier alpha value is -2.61. The van der Waals surface area contributed by atoms with Crippen LogP contribution in [0.4, 0.5) is 0 Å². The van der Waals surface area contributed by atoms with Gasteiger partial charge in [-0.15, -0.1) is 5.10 Å². The van der Waals surface area contributed by atoms with Crippen LogP contribution in [0.25, 0.3) is 0 Å². The summed E-state index contributed by atoms with van der Waals surface area (Å²) in [6.07, 6.45) is 2.20. The normalized spacial score (nSPS) is 19.5. The zero-order chi connectivity index (χ0) is 19.1. The van der Waals surface area contributed by atoms with E-state index < -0.39 is 0 Å². The molecule has 0 saturated carbocycles. The molecule has 1 amide bonds. The van der Waals surface area contributed by atoms with Gasteiger partial charge in [0.25, 0.3) is 5.91 Å². The van der Waals surface area contributed by atoms with E-state index in [1.165, 1.54) is 0 Å². The van der Waals surface area contributed by atoms with E-state index in [4.69, 9.17) is 18.6 Å². The van der Waals surface area contributed by atoms with E-state index >= 15 is 0 Å². The number of hydrogen-bond acceptors (Lipinski definition) is 7. The summed E-state index contributed by atoms with van der Waals surface area (Å²) in [6.45, 7) is 4.90. The summed E-state index contributed by atoms with van der Waals surface area (Å²) < 4.78 is 22.0.